The third-order valence-electron chi connectivity index (χ3n) is 3.57. The summed E-state index contributed by atoms with van der Waals surface area (Å²) in [7, 11) is 3.73. The SMILES string of the molecule is CCCNC(CCOCCOC)Cc1cc(CC)nn1C. The van der Waals surface area contributed by atoms with Crippen LogP contribution in [0, 0.1) is 0 Å². The quantitative estimate of drug-likeness (QED) is 0.599. The lowest BCUT2D eigenvalue weighted by atomic mass is 10.1. The van der Waals surface area contributed by atoms with Crippen LogP contribution in [0.5, 0.6) is 0 Å². The molecule has 0 radical (unpaired) electrons. The van der Waals surface area contributed by atoms with E-state index in [9.17, 15) is 0 Å². The smallest absolute Gasteiger partial charge is 0.0700 e. The van der Waals surface area contributed by atoms with Crippen LogP contribution in [0.4, 0.5) is 0 Å². The van der Waals surface area contributed by atoms with Crippen molar-refractivity contribution >= 4 is 0 Å². The van der Waals surface area contributed by atoms with Crippen molar-refractivity contribution in [1.29, 1.82) is 0 Å². The Labute approximate surface area is 129 Å². The molecule has 0 saturated carbocycles. The normalized spacial score (nSPS) is 12.8. The summed E-state index contributed by atoms with van der Waals surface area (Å²) in [6, 6.07) is 2.65. The first-order valence-corrected chi connectivity index (χ1v) is 8.03. The number of ether oxygens (including phenoxy) is 2. The van der Waals surface area contributed by atoms with Crippen LogP contribution in [0.1, 0.15) is 38.1 Å². The molecule has 122 valence electrons. The van der Waals surface area contributed by atoms with Crippen molar-refractivity contribution in [2.45, 2.75) is 45.6 Å². The number of methoxy groups -OCH3 is 1. The fraction of sp³-hybridized carbons (Fsp3) is 0.812. The fourth-order valence-electron chi connectivity index (χ4n) is 2.28. The van der Waals surface area contributed by atoms with Gasteiger partial charge in [-0.1, -0.05) is 13.8 Å². The van der Waals surface area contributed by atoms with Gasteiger partial charge >= 0.3 is 0 Å². The monoisotopic (exact) mass is 297 g/mol. The Morgan fingerprint density at radius 3 is 2.71 bits per heavy atom. The molecule has 1 heterocycles. The maximum absolute atomic E-state index is 5.59. The predicted molar refractivity (Wildman–Crippen MR) is 85.7 cm³/mol. The van der Waals surface area contributed by atoms with Crippen molar-refractivity contribution in [2.24, 2.45) is 7.05 Å². The lowest BCUT2D eigenvalue weighted by Gasteiger charge is -2.18. The molecule has 0 spiro atoms. The molecule has 1 aromatic rings. The van der Waals surface area contributed by atoms with E-state index in [-0.39, 0.29) is 0 Å². The van der Waals surface area contributed by atoms with Crippen LogP contribution in [0.2, 0.25) is 0 Å². The van der Waals surface area contributed by atoms with Gasteiger partial charge in [-0.05, 0) is 31.9 Å². The van der Waals surface area contributed by atoms with Gasteiger partial charge in [0.25, 0.3) is 0 Å². The molecule has 0 amide bonds. The maximum Gasteiger partial charge on any atom is 0.0700 e. The molecular formula is C16H31N3O2. The first-order chi connectivity index (χ1) is 10.2. The summed E-state index contributed by atoms with van der Waals surface area (Å²) < 4.78 is 12.6. The maximum atomic E-state index is 5.59. The molecule has 5 heteroatoms. The Morgan fingerprint density at radius 2 is 2.10 bits per heavy atom. The van der Waals surface area contributed by atoms with Crippen LogP contribution in [-0.2, 0) is 29.4 Å². The van der Waals surface area contributed by atoms with Gasteiger partial charge in [0.05, 0.1) is 18.9 Å². The minimum atomic E-state index is 0.438. The predicted octanol–water partition coefficient (Wildman–Crippen LogP) is 1.95. The first-order valence-electron chi connectivity index (χ1n) is 8.03. The molecule has 21 heavy (non-hydrogen) atoms. The van der Waals surface area contributed by atoms with Crippen molar-refractivity contribution in [3.63, 3.8) is 0 Å². The molecule has 0 saturated heterocycles. The lowest BCUT2D eigenvalue weighted by Crippen LogP contribution is -2.33. The molecule has 0 aliphatic heterocycles. The van der Waals surface area contributed by atoms with Crippen molar-refractivity contribution in [3.05, 3.63) is 17.5 Å². The number of rotatable bonds is 12. The largest absolute Gasteiger partial charge is 0.382 e. The van der Waals surface area contributed by atoms with Gasteiger partial charge in [0, 0.05) is 38.9 Å². The standard InChI is InChI=1S/C16H31N3O2/c1-5-8-17-15(7-9-21-11-10-20-4)13-16-12-14(6-2)18-19(16)3/h12,15,17H,5-11,13H2,1-4H3. The molecular weight excluding hydrogens is 266 g/mol. The Morgan fingerprint density at radius 1 is 1.29 bits per heavy atom. The lowest BCUT2D eigenvalue weighted by molar-refractivity contribution is 0.0657. The molecule has 1 atom stereocenters. The highest BCUT2D eigenvalue weighted by atomic mass is 16.5. The highest BCUT2D eigenvalue weighted by molar-refractivity contribution is 5.11. The number of aryl methyl sites for hydroxylation is 2. The summed E-state index contributed by atoms with van der Waals surface area (Å²) in [6.07, 6.45) is 4.14. The Hall–Kier alpha value is -0.910. The van der Waals surface area contributed by atoms with Crippen molar-refractivity contribution in [3.8, 4) is 0 Å². The molecule has 1 aromatic heterocycles. The van der Waals surface area contributed by atoms with Gasteiger partial charge in [0.1, 0.15) is 0 Å². The topological polar surface area (TPSA) is 48.3 Å². The van der Waals surface area contributed by atoms with E-state index in [2.05, 4.69) is 30.3 Å². The van der Waals surface area contributed by atoms with E-state index >= 15 is 0 Å². The zero-order chi connectivity index (χ0) is 15.5. The second-order valence-electron chi connectivity index (χ2n) is 5.35. The van der Waals surface area contributed by atoms with Crippen molar-refractivity contribution in [1.82, 2.24) is 15.1 Å². The van der Waals surface area contributed by atoms with E-state index in [1.807, 2.05) is 11.7 Å². The molecule has 0 bridgehead atoms. The molecule has 1 N–H and O–H groups in total. The molecule has 0 aromatic carbocycles. The van der Waals surface area contributed by atoms with E-state index in [1.54, 1.807) is 7.11 Å². The van der Waals surface area contributed by atoms with Crippen LogP contribution in [0.3, 0.4) is 0 Å². The minimum Gasteiger partial charge on any atom is -0.382 e. The highest BCUT2D eigenvalue weighted by Crippen LogP contribution is 2.09. The number of hydrogen-bond acceptors (Lipinski definition) is 4. The van der Waals surface area contributed by atoms with Crippen LogP contribution >= 0.6 is 0 Å². The first kappa shape index (κ1) is 18.1. The van der Waals surface area contributed by atoms with Gasteiger partial charge in [-0.25, -0.2) is 0 Å². The minimum absolute atomic E-state index is 0.438. The molecule has 0 aliphatic carbocycles. The van der Waals surface area contributed by atoms with Gasteiger partial charge < -0.3 is 14.8 Å². The summed E-state index contributed by atoms with van der Waals surface area (Å²) >= 11 is 0. The van der Waals surface area contributed by atoms with Crippen LogP contribution < -0.4 is 5.32 Å². The van der Waals surface area contributed by atoms with Crippen molar-refractivity contribution in [2.75, 3.05) is 33.5 Å². The van der Waals surface area contributed by atoms with Crippen molar-refractivity contribution < 1.29 is 9.47 Å². The summed E-state index contributed by atoms with van der Waals surface area (Å²) in [5, 5.41) is 8.14. The van der Waals surface area contributed by atoms with Gasteiger partial charge in [0.2, 0.25) is 0 Å². The van der Waals surface area contributed by atoms with E-state index in [1.165, 1.54) is 5.69 Å². The van der Waals surface area contributed by atoms with Gasteiger partial charge in [-0.3, -0.25) is 4.68 Å². The number of aromatic nitrogens is 2. The Kier molecular flexibility index (Phi) is 9.30. The van der Waals surface area contributed by atoms with Crippen LogP contribution in [0.25, 0.3) is 0 Å². The fourth-order valence-corrected chi connectivity index (χ4v) is 2.28. The summed E-state index contributed by atoms with van der Waals surface area (Å²) in [6.45, 7) is 7.47. The van der Waals surface area contributed by atoms with E-state index in [0.717, 1.165) is 44.5 Å². The zero-order valence-corrected chi connectivity index (χ0v) is 14.0. The van der Waals surface area contributed by atoms with Gasteiger partial charge in [0.15, 0.2) is 0 Å². The van der Waals surface area contributed by atoms with E-state index in [0.29, 0.717) is 19.3 Å². The Balaban J connectivity index is 2.45. The second-order valence-corrected chi connectivity index (χ2v) is 5.35. The number of nitrogens with zero attached hydrogens (tertiary/aromatic N) is 2. The van der Waals surface area contributed by atoms with Gasteiger partial charge in [-0.2, -0.15) is 5.10 Å². The average molecular weight is 297 g/mol. The third-order valence-corrected chi connectivity index (χ3v) is 3.57. The summed E-state index contributed by atoms with van der Waals surface area (Å²) in [5.74, 6) is 0. The molecule has 1 rings (SSSR count). The Bertz CT molecular complexity index is 380. The van der Waals surface area contributed by atoms with Gasteiger partial charge in [-0.15, -0.1) is 0 Å². The molecule has 0 aliphatic rings. The summed E-state index contributed by atoms with van der Waals surface area (Å²) in [4.78, 5) is 0. The van der Waals surface area contributed by atoms with Crippen LogP contribution in [0.15, 0.2) is 6.07 Å². The van der Waals surface area contributed by atoms with Crippen LogP contribution in [-0.4, -0.2) is 49.3 Å². The molecule has 5 nitrogen and oxygen atoms in total. The van der Waals surface area contributed by atoms with E-state index < -0.39 is 0 Å². The highest BCUT2D eigenvalue weighted by Gasteiger charge is 2.12. The van der Waals surface area contributed by atoms with E-state index in [4.69, 9.17) is 9.47 Å². The third kappa shape index (κ3) is 7.07. The zero-order valence-electron chi connectivity index (χ0n) is 14.0. The molecule has 0 fully saturated rings. The average Bonchev–Trinajstić information content (AvgIpc) is 2.84. The second kappa shape index (κ2) is 10.8. The summed E-state index contributed by atoms with van der Waals surface area (Å²) in [5.41, 5.74) is 2.45. The number of hydrogen-bond donors (Lipinski definition) is 1. The number of nitrogens with one attached hydrogen (secondary N) is 1. The molecule has 1 unspecified atom stereocenters.